The van der Waals surface area contributed by atoms with Gasteiger partial charge in [0.15, 0.2) is 0 Å². The van der Waals surface area contributed by atoms with Gasteiger partial charge in [0.1, 0.15) is 6.10 Å². The van der Waals surface area contributed by atoms with E-state index >= 15 is 0 Å². The standard InChI is InChI=1S/C23H32N4O6/c28-21(24-31)20-16-18(33-23(30)27-12-14-32-15-13-27)6-7-19(20)22(29)26-10-8-25(9-11-26)17-4-2-1-3-5-17/h1-5,18-20,31H,6-16H2,(H,24,28)/t18-,19-,20-/m0/s1. The van der Waals surface area contributed by atoms with Crippen LogP contribution in [-0.2, 0) is 19.1 Å². The maximum Gasteiger partial charge on any atom is 0.410 e. The van der Waals surface area contributed by atoms with Crippen molar-refractivity contribution in [3.63, 3.8) is 0 Å². The van der Waals surface area contributed by atoms with Crippen LogP contribution in [0.4, 0.5) is 10.5 Å². The predicted molar refractivity (Wildman–Crippen MR) is 119 cm³/mol. The van der Waals surface area contributed by atoms with Crippen molar-refractivity contribution in [2.45, 2.75) is 25.4 Å². The zero-order chi connectivity index (χ0) is 23.2. The summed E-state index contributed by atoms with van der Waals surface area (Å²) in [5.41, 5.74) is 2.83. The summed E-state index contributed by atoms with van der Waals surface area (Å²) in [5, 5.41) is 9.27. The fourth-order valence-electron chi connectivity index (χ4n) is 4.93. The molecule has 0 aromatic heterocycles. The third-order valence-electron chi connectivity index (χ3n) is 6.82. The third kappa shape index (κ3) is 5.56. The lowest BCUT2D eigenvalue weighted by Gasteiger charge is -2.40. The van der Waals surface area contributed by atoms with Crippen LogP contribution in [0.5, 0.6) is 0 Å². The van der Waals surface area contributed by atoms with E-state index in [1.807, 2.05) is 23.1 Å². The number of piperazine rings is 1. The maximum atomic E-state index is 13.3. The van der Waals surface area contributed by atoms with Gasteiger partial charge in [-0.05, 0) is 31.4 Å². The number of morpholine rings is 1. The molecule has 3 fully saturated rings. The highest BCUT2D eigenvalue weighted by molar-refractivity contribution is 5.87. The summed E-state index contributed by atoms with van der Waals surface area (Å²) in [6.07, 6.45) is 0.251. The molecule has 0 bridgehead atoms. The first-order valence-corrected chi connectivity index (χ1v) is 11.6. The molecule has 2 heterocycles. The van der Waals surface area contributed by atoms with Gasteiger partial charge in [0.2, 0.25) is 11.8 Å². The Morgan fingerprint density at radius 3 is 2.27 bits per heavy atom. The molecule has 0 unspecified atom stereocenters. The summed E-state index contributed by atoms with van der Waals surface area (Å²) < 4.78 is 10.9. The third-order valence-corrected chi connectivity index (χ3v) is 6.82. The maximum absolute atomic E-state index is 13.3. The molecule has 1 saturated carbocycles. The largest absolute Gasteiger partial charge is 0.446 e. The van der Waals surface area contributed by atoms with Crippen LogP contribution in [0.1, 0.15) is 19.3 Å². The second kappa shape index (κ2) is 10.8. The van der Waals surface area contributed by atoms with E-state index < -0.39 is 29.9 Å². The number of para-hydroxylation sites is 1. The number of ether oxygens (including phenoxy) is 2. The fourth-order valence-corrected chi connectivity index (χ4v) is 4.93. The van der Waals surface area contributed by atoms with Crippen molar-refractivity contribution < 1.29 is 29.1 Å². The molecule has 3 atom stereocenters. The average Bonchev–Trinajstić information content (AvgIpc) is 2.89. The topological polar surface area (TPSA) is 112 Å². The molecular weight excluding hydrogens is 428 g/mol. The van der Waals surface area contributed by atoms with Crippen LogP contribution in [0.15, 0.2) is 30.3 Å². The normalized spacial score (nSPS) is 26.0. The monoisotopic (exact) mass is 460 g/mol. The molecule has 33 heavy (non-hydrogen) atoms. The van der Waals surface area contributed by atoms with Crippen molar-refractivity contribution in [3.8, 4) is 0 Å². The lowest BCUT2D eigenvalue weighted by molar-refractivity contribution is -0.149. The summed E-state index contributed by atoms with van der Waals surface area (Å²) >= 11 is 0. The summed E-state index contributed by atoms with van der Waals surface area (Å²) in [6, 6.07) is 10.1. The molecule has 2 saturated heterocycles. The molecule has 10 nitrogen and oxygen atoms in total. The number of carbonyl (C=O) groups is 3. The highest BCUT2D eigenvalue weighted by Crippen LogP contribution is 2.34. The minimum Gasteiger partial charge on any atom is -0.446 e. The zero-order valence-electron chi connectivity index (χ0n) is 18.7. The van der Waals surface area contributed by atoms with Gasteiger partial charge in [0, 0.05) is 45.0 Å². The van der Waals surface area contributed by atoms with Crippen LogP contribution in [0, 0.1) is 11.8 Å². The van der Waals surface area contributed by atoms with Gasteiger partial charge in [0.05, 0.1) is 25.0 Å². The van der Waals surface area contributed by atoms with Gasteiger partial charge in [-0.15, -0.1) is 0 Å². The van der Waals surface area contributed by atoms with E-state index in [1.165, 1.54) is 0 Å². The predicted octanol–water partition coefficient (Wildman–Crippen LogP) is 1.09. The molecule has 1 aliphatic carbocycles. The van der Waals surface area contributed by atoms with Gasteiger partial charge in [0.25, 0.3) is 0 Å². The molecule has 1 aromatic carbocycles. The molecule has 3 aliphatic rings. The second-order valence-corrected chi connectivity index (χ2v) is 8.76. The number of nitrogens with zero attached hydrogens (tertiary/aromatic N) is 3. The fraction of sp³-hybridized carbons (Fsp3) is 0.609. The lowest BCUT2D eigenvalue weighted by atomic mass is 9.76. The molecule has 0 radical (unpaired) electrons. The summed E-state index contributed by atoms with van der Waals surface area (Å²) in [6.45, 7) is 4.50. The minimum atomic E-state index is -0.745. The Labute approximate surface area is 193 Å². The van der Waals surface area contributed by atoms with E-state index in [1.54, 1.807) is 10.4 Å². The number of hydroxylamine groups is 1. The summed E-state index contributed by atoms with van der Waals surface area (Å²) in [5.74, 6) is -1.97. The molecule has 0 spiro atoms. The first-order valence-electron chi connectivity index (χ1n) is 11.6. The van der Waals surface area contributed by atoms with E-state index in [9.17, 15) is 19.6 Å². The number of hydrogen-bond donors (Lipinski definition) is 2. The average molecular weight is 461 g/mol. The Hall–Kier alpha value is -2.85. The van der Waals surface area contributed by atoms with Crippen LogP contribution in [0.25, 0.3) is 0 Å². The van der Waals surface area contributed by atoms with Gasteiger partial charge >= 0.3 is 6.09 Å². The van der Waals surface area contributed by atoms with Crippen LogP contribution < -0.4 is 10.4 Å². The molecule has 2 N–H and O–H groups in total. The molecular formula is C23H32N4O6. The molecule has 4 rings (SSSR count). The molecule has 10 heteroatoms. The van der Waals surface area contributed by atoms with E-state index in [-0.39, 0.29) is 12.3 Å². The van der Waals surface area contributed by atoms with Gasteiger partial charge < -0.3 is 24.2 Å². The Kier molecular flexibility index (Phi) is 7.66. The van der Waals surface area contributed by atoms with Crippen LogP contribution >= 0.6 is 0 Å². The van der Waals surface area contributed by atoms with Gasteiger partial charge in [-0.1, -0.05) is 18.2 Å². The first kappa shape index (κ1) is 23.3. The van der Waals surface area contributed by atoms with Crippen LogP contribution in [-0.4, -0.2) is 91.5 Å². The van der Waals surface area contributed by atoms with Crippen molar-refractivity contribution in [2.24, 2.45) is 11.8 Å². The summed E-state index contributed by atoms with van der Waals surface area (Å²) in [7, 11) is 0. The van der Waals surface area contributed by atoms with E-state index in [0.29, 0.717) is 52.2 Å². The lowest BCUT2D eigenvalue weighted by Crippen LogP contribution is -2.53. The van der Waals surface area contributed by atoms with E-state index in [0.717, 1.165) is 18.8 Å². The number of benzene rings is 1. The van der Waals surface area contributed by atoms with Crippen LogP contribution in [0.2, 0.25) is 0 Å². The van der Waals surface area contributed by atoms with Crippen molar-refractivity contribution in [3.05, 3.63) is 30.3 Å². The van der Waals surface area contributed by atoms with Gasteiger partial charge in [-0.25, -0.2) is 10.3 Å². The number of carbonyl (C=O) groups excluding carboxylic acids is 3. The number of rotatable bonds is 4. The SMILES string of the molecule is O=C(NO)[C@H]1C[C@@H](OC(=O)N2CCOCC2)CC[C@@H]1C(=O)N1CCN(c2ccccc2)CC1. The van der Waals surface area contributed by atoms with E-state index in [4.69, 9.17) is 9.47 Å². The number of hydrogen-bond acceptors (Lipinski definition) is 7. The Morgan fingerprint density at radius 1 is 0.909 bits per heavy atom. The van der Waals surface area contributed by atoms with E-state index in [2.05, 4.69) is 17.0 Å². The molecule has 2 aliphatic heterocycles. The van der Waals surface area contributed by atoms with Crippen molar-refractivity contribution in [1.82, 2.24) is 15.3 Å². The first-order chi connectivity index (χ1) is 16.1. The zero-order valence-corrected chi connectivity index (χ0v) is 18.7. The second-order valence-electron chi connectivity index (χ2n) is 8.76. The Balaban J connectivity index is 1.34. The minimum absolute atomic E-state index is 0.0748. The highest BCUT2D eigenvalue weighted by atomic mass is 16.6. The number of amides is 3. The molecule has 180 valence electrons. The quantitative estimate of drug-likeness (QED) is 0.511. The number of anilines is 1. The van der Waals surface area contributed by atoms with Crippen molar-refractivity contribution >= 4 is 23.6 Å². The van der Waals surface area contributed by atoms with Gasteiger partial charge in [-0.3, -0.25) is 14.8 Å². The van der Waals surface area contributed by atoms with Crippen molar-refractivity contribution in [2.75, 3.05) is 57.4 Å². The summed E-state index contributed by atoms with van der Waals surface area (Å²) in [4.78, 5) is 43.8. The Morgan fingerprint density at radius 2 is 1.61 bits per heavy atom. The number of nitrogens with one attached hydrogen (secondary N) is 1. The van der Waals surface area contributed by atoms with Crippen LogP contribution in [0.3, 0.4) is 0 Å². The smallest absolute Gasteiger partial charge is 0.410 e. The highest BCUT2D eigenvalue weighted by Gasteiger charge is 2.42. The van der Waals surface area contributed by atoms with Crippen molar-refractivity contribution in [1.29, 1.82) is 0 Å². The van der Waals surface area contributed by atoms with Gasteiger partial charge in [-0.2, -0.15) is 0 Å². The molecule has 3 amide bonds. The molecule has 1 aromatic rings. The Bertz CT molecular complexity index is 824.